The van der Waals surface area contributed by atoms with E-state index in [0.29, 0.717) is 32.1 Å². The van der Waals surface area contributed by atoms with E-state index in [1.807, 2.05) is 6.07 Å². The van der Waals surface area contributed by atoms with Gasteiger partial charge >= 0.3 is 6.09 Å². The van der Waals surface area contributed by atoms with E-state index in [-0.39, 0.29) is 31.5 Å². The summed E-state index contributed by atoms with van der Waals surface area (Å²) in [5.74, 6) is -1.34. The molecule has 11 N–H and O–H groups in total. The first kappa shape index (κ1) is 29.7. The molecule has 1 rings (SSSR count). The van der Waals surface area contributed by atoms with Crippen LogP contribution in [-0.2, 0) is 25.7 Å². The molecule has 0 aliphatic heterocycles. The highest BCUT2D eigenvalue weighted by molar-refractivity contribution is 5.90. The maximum Gasteiger partial charge on any atom is 0.408 e. The van der Waals surface area contributed by atoms with Crippen LogP contribution in [0.3, 0.4) is 0 Å². The van der Waals surface area contributed by atoms with Crippen LogP contribution in [0.2, 0.25) is 0 Å². The second kappa shape index (κ2) is 17.1. The largest absolute Gasteiger partial charge is 0.445 e. The molecule has 0 radical (unpaired) electrons. The second-order valence-corrected chi connectivity index (χ2v) is 7.68. The number of nitrogens with two attached hydrogens (primary N) is 4. The van der Waals surface area contributed by atoms with Gasteiger partial charge in [-0.2, -0.15) is 0 Å². The number of nitrogens with one attached hydrogen (secondary N) is 3. The van der Waals surface area contributed by atoms with E-state index < -0.39 is 36.5 Å². The second-order valence-electron chi connectivity index (χ2n) is 7.68. The van der Waals surface area contributed by atoms with Crippen LogP contribution in [-0.4, -0.2) is 67.8 Å². The van der Waals surface area contributed by atoms with Crippen LogP contribution in [0.15, 0.2) is 40.3 Å². The first-order valence-electron chi connectivity index (χ1n) is 11.3. The number of guanidine groups is 2. The Morgan fingerprint density at radius 1 is 0.917 bits per heavy atom. The minimum Gasteiger partial charge on any atom is -0.445 e. The third kappa shape index (κ3) is 14.0. The van der Waals surface area contributed by atoms with Crippen LogP contribution in [0.5, 0.6) is 0 Å². The normalized spacial score (nSPS) is 11.8. The third-order valence-corrected chi connectivity index (χ3v) is 4.67. The van der Waals surface area contributed by atoms with Crippen molar-refractivity contribution in [3.63, 3.8) is 0 Å². The SMILES string of the molecule is NC(N)=NCCCC(C=O)NC(=O)CNC(=O)C(CCCN=C(N)N)NC(=O)OCc1ccccc1. The highest BCUT2D eigenvalue weighted by atomic mass is 16.5. The summed E-state index contributed by atoms with van der Waals surface area (Å²) in [7, 11) is 0. The van der Waals surface area contributed by atoms with E-state index in [9.17, 15) is 19.2 Å². The lowest BCUT2D eigenvalue weighted by atomic mass is 10.1. The molecular formula is C22H35N9O5. The minimum atomic E-state index is -1.00. The lowest BCUT2D eigenvalue weighted by molar-refractivity contribution is -0.128. The van der Waals surface area contributed by atoms with E-state index in [1.54, 1.807) is 24.3 Å². The summed E-state index contributed by atoms with van der Waals surface area (Å²) in [5, 5.41) is 7.44. The van der Waals surface area contributed by atoms with Crippen molar-refractivity contribution in [2.75, 3.05) is 19.6 Å². The molecule has 0 spiro atoms. The van der Waals surface area contributed by atoms with E-state index in [2.05, 4.69) is 25.9 Å². The number of carbonyl (C=O) groups is 4. The predicted molar refractivity (Wildman–Crippen MR) is 134 cm³/mol. The number of ether oxygens (including phenoxy) is 1. The molecule has 14 nitrogen and oxygen atoms in total. The molecule has 0 fully saturated rings. The van der Waals surface area contributed by atoms with Gasteiger partial charge in [0.15, 0.2) is 11.9 Å². The topological polar surface area (TPSA) is 242 Å². The summed E-state index contributed by atoms with van der Waals surface area (Å²) < 4.78 is 5.17. The van der Waals surface area contributed by atoms with Gasteiger partial charge in [0.2, 0.25) is 11.8 Å². The molecule has 0 heterocycles. The smallest absolute Gasteiger partial charge is 0.408 e. The molecule has 0 aliphatic carbocycles. The fourth-order valence-electron chi connectivity index (χ4n) is 2.92. The molecule has 3 amide bonds. The number of rotatable bonds is 16. The highest BCUT2D eigenvalue weighted by Gasteiger charge is 2.22. The molecular weight excluding hydrogens is 470 g/mol. The summed E-state index contributed by atoms with van der Waals surface area (Å²) in [4.78, 5) is 56.0. The van der Waals surface area contributed by atoms with Gasteiger partial charge in [0.25, 0.3) is 0 Å². The number of alkyl carbamates (subject to hydrolysis) is 1. The fourth-order valence-corrected chi connectivity index (χ4v) is 2.92. The van der Waals surface area contributed by atoms with Crippen LogP contribution in [0, 0.1) is 0 Å². The first-order valence-corrected chi connectivity index (χ1v) is 11.3. The number of aldehydes is 1. The third-order valence-electron chi connectivity index (χ3n) is 4.67. The Labute approximate surface area is 209 Å². The monoisotopic (exact) mass is 505 g/mol. The number of carbonyl (C=O) groups excluding carboxylic acids is 4. The van der Waals surface area contributed by atoms with Gasteiger partial charge in [0, 0.05) is 13.1 Å². The van der Waals surface area contributed by atoms with E-state index in [0.717, 1.165) is 5.56 Å². The van der Waals surface area contributed by atoms with Crippen molar-refractivity contribution >= 4 is 36.1 Å². The quantitative estimate of drug-likeness (QED) is 0.0578. The lowest BCUT2D eigenvalue weighted by Gasteiger charge is -2.18. The van der Waals surface area contributed by atoms with Gasteiger partial charge in [-0.1, -0.05) is 30.3 Å². The summed E-state index contributed by atoms with van der Waals surface area (Å²) >= 11 is 0. The zero-order chi connectivity index (χ0) is 26.8. The Morgan fingerprint density at radius 2 is 1.53 bits per heavy atom. The molecule has 14 heteroatoms. The average molecular weight is 506 g/mol. The van der Waals surface area contributed by atoms with Crippen molar-refractivity contribution < 1.29 is 23.9 Å². The van der Waals surface area contributed by atoms with E-state index in [4.69, 9.17) is 27.7 Å². The molecule has 198 valence electrons. The maximum atomic E-state index is 12.7. The van der Waals surface area contributed by atoms with Crippen molar-refractivity contribution in [2.45, 2.75) is 44.4 Å². The average Bonchev–Trinajstić information content (AvgIpc) is 2.85. The molecule has 0 bridgehead atoms. The van der Waals surface area contributed by atoms with Gasteiger partial charge < -0.3 is 48.4 Å². The maximum absolute atomic E-state index is 12.7. The Morgan fingerprint density at radius 3 is 2.11 bits per heavy atom. The van der Waals surface area contributed by atoms with Gasteiger partial charge in [-0.15, -0.1) is 0 Å². The summed E-state index contributed by atoms with van der Waals surface area (Å²) in [6, 6.07) is 7.27. The minimum absolute atomic E-state index is 0.0215. The van der Waals surface area contributed by atoms with Gasteiger partial charge in [0.05, 0.1) is 12.6 Å². The first-order chi connectivity index (χ1) is 17.2. The zero-order valence-corrected chi connectivity index (χ0v) is 20.0. The van der Waals surface area contributed by atoms with Crippen molar-refractivity contribution in [3.05, 3.63) is 35.9 Å². The van der Waals surface area contributed by atoms with Crippen LogP contribution in [0.25, 0.3) is 0 Å². The summed E-state index contributed by atoms with van der Waals surface area (Å²) in [6.07, 6.45) is 1.15. The number of nitrogens with zero attached hydrogens (tertiary/aromatic N) is 2. The Balaban J connectivity index is 2.58. The number of aliphatic imine (C=N–C) groups is 2. The van der Waals surface area contributed by atoms with Gasteiger partial charge in [-0.05, 0) is 31.2 Å². The summed E-state index contributed by atoms with van der Waals surface area (Å²) in [6.45, 7) is 0.178. The van der Waals surface area contributed by atoms with Gasteiger partial charge in [-0.25, -0.2) is 4.79 Å². The van der Waals surface area contributed by atoms with Crippen molar-refractivity contribution in [1.82, 2.24) is 16.0 Å². The van der Waals surface area contributed by atoms with Crippen LogP contribution in [0.4, 0.5) is 4.79 Å². The highest BCUT2D eigenvalue weighted by Crippen LogP contribution is 2.03. The molecule has 2 atom stereocenters. The van der Waals surface area contributed by atoms with E-state index in [1.165, 1.54) is 0 Å². The predicted octanol–water partition coefficient (Wildman–Crippen LogP) is -1.81. The van der Waals surface area contributed by atoms with Crippen LogP contribution >= 0.6 is 0 Å². The molecule has 2 unspecified atom stereocenters. The Kier molecular flexibility index (Phi) is 14.1. The van der Waals surface area contributed by atoms with Crippen molar-refractivity contribution in [2.24, 2.45) is 32.9 Å². The lowest BCUT2D eigenvalue weighted by Crippen LogP contribution is -2.50. The molecule has 0 aliphatic rings. The number of hydrogen-bond acceptors (Lipinski definition) is 7. The number of amides is 3. The number of benzene rings is 1. The molecule has 1 aromatic rings. The van der Waals surface area contributed by atoms with Crippen molar-refractivity contribution in [1.29, 1.82) is 0 Å². The standard InChI is InChI=1S/C22H35N9O5/c23-20(24)27-10-4-8-16(13-32)30-18(33)12-29-19(34)17(9-5-11-28-21(25)26)31-22(35)36-14-15-6-2-1-3-7-15/h1-3,6-7,13,16-17H,4-5,8-12,14H2,(H,29,34)(H,30,33)(H,31,35)(H4,23,24,27)(H4,25,26,28). The molecule has 0 saturated carbocycles. The van der Waals surface area contributed by atoms with Crippen molar-refractivity contribution in [3.8, 4) is 0 Å². The molecule has 0 aromatic heterocycles. The number of hydrogen-bond donors (Lipinski definition) is 7. The van der Waals surface area contributed by atoms with E-state index >= 15 is 0 Å². The Hall–Kier alpha value is -4.36. The van der Waals surface area contributed by atoms with Gasteiger partial charge in [-0.3, -0.25) is 19.6 Å². The molecule has 0 saturated heterocycles. The van der Waals surface area contributed by atoms with Crippen LogP contribution in [0.1, 0.15) is 31.2 Å². The molecule has 1 aromatic carbocycles. The van der Waals surface area contributed by atoms with Gasteiger partial charge in [0.1, 0.15) is 18.9 Å². The molecule has 36 heavy (non-hydrogen) atoms. The van der Waals surface area contributed by atoms with Crippen LogP contribution < -0.4 is 38.9 Å². The zero-order valence-electron chi connectivity index (χ0n) is 20.0. The Bertz CT molecular complexity index is 900. The fraction of sp³-hybridized carbons (Fsp3) is 0.455. The summed E-state index contributed by atoms with van der Waals surface area (Å²) in [5.41, 5.74) is 21.9.